The maximum Gasteiger partial charge on any atom is 0.0362 e. The van der Waals surface area contributed by atoms with Crippen molar-refractivity contribution in [1.82, 2.24) is 0 Å². The first-order valence-electron chi connectivity index (χ1n) is 8.96. The lowest BCUT2D eigenvalue weighted by atomic mass is 9.92. The number of fused-ring (bicyclic) bond motifs is 9. The summed E-state index contributed by atoms with van der Waals surface area (Å²) < 4.78 is 2.73. The van der Waals surface area contributed by atoms with Crippen LogP contribution in [0.4, 0.5) is 0 Å². The third kappa shape index (κ3) is 1.84. The molecular formula is C25H16S. The molecule has 1 heterocycles. The average molecular weight is 348 g/mol. The second kappa shape index (κ2) is 5.06. The monoisotopic (exact) mass is 348 g/mol. The number of hydrogen-bond donors (Lipinski definition) is 0. The first-order valence-corrected chi connectivity index (χ1v) is 9.77. The predicted octanol–water partition coefficient (Wildman–Crippen LogP) is 7.82. The second-order valence-corrected chi connectivity index (χ2v) is 8.17. The highest BCUT2D eigenvalue weighted by molar-refractivity contribution is 7.25. The van der Waals surface area contributed by atoms with Crippen molar-refractivity contribution in [1.29, 1.82) is 0 Å². The molecule has 0 spiro atoms. The molecule has 0 aliphatic rings. The Bertz CT molecular complexity index is 1480. The number of thiophene rings is 1. The van der Waals surface area contributed by atoms with Gasteiger partial charge in [0.05, 0.1) is 0 Å². The van der Waals surface area contributed by atoms with Crippen molar-refractivity contribution in [3.05, 3.63) is 84.4 Å². The van der Waals surface area contributed by atoms with Gasteiger partial charge in [0.1, 0.15) is 0 Å². The molecule has 0 radical (unpaired) electrons. The topological polar surface area (TPSA) is 0 Å². The van der Waals surface area contributed by atoms with Crippen LogP contribution < -0.4 is 0 Å². The molecule has 0 saturated heterocycles. The fourth-order valence-electron chi connectivity index (χ4n) is 4.29. The Morgan fingerprint density at radius 2 is 1.08 bits per heavy atom. The van der Waals surface area contributed by atoms with Gasteiger partial charge in [-0.1, -0.05) is 66.2 Å². The summed E-state index contributed by atoms with van der Waals surface area (Å²) in [6, 6.07) is 29.2. The van der Waals surface area contributed by atoms with E-state index in [0.29, 0.717) is 0 Å². The minimum Gasteiger partial charge on any atom is -0.135 e. The van der Waals surface area contributed by atoms with Crippen LogP contribution >= 0.6 is 11.3 Å². The molecule has 1 heteroatoms. The zero-order valence-electron chi connectivity index (χ0n) is 14.4. The van der Waals surface area contributed by atoms with Crippen LogP contribution in [0.2, 0.25) is 0 Å². The van der Waals surface area contributed by atoms with Gasteiger partial charge >= 0.3 is 0 Å². The summed E-state index contributed by atoms with van der Waals surface area (Å²) in [6.45, 7) is 2.17. The first-order chi connectivity index (χ1) is 12.8. The Hall–Kier alpha value is -2.90. The Labute approximate surface area is 155 Å². The molecule has 6 rings (SSSR count). The normalized spacial score (nSPS) is 12.0. The molecule has 0 aliphatic carbocycles. The molecule has 0 atom stereocenters. The van der Waals surface area contributed by atoms with Crippen molar-refractivity contribution >= 4 is 63.8 Å². The largest absolute Gasteiger partial charge is 0.135 e. The van der Waals surface area contributed by atoms with Gasteiger partial charge in [-0.2, -0.15) is 0 Å². The molecule has 0 fully saturated rings. The van der Waals surface area contributed by atoms with E-state index in [2.05, 4.69) is 85.8 Å². The van der Waals surface area contributed by atoms with Crippen LogP contribution in [0.3, 0.4) is 0 Å². The van der Waals surface area contributed by atoms with Crippen LogP contribution in [0.5, 0.6) is 0 Å². The summed E-state index contributed by atoms with van der Waals surface area (Å²) in [4.78, 5) is 0. The van der Waals surface area contributed by atoms with E-state index in [0.717, 1.165) is 0 Å². The van der Waals surface area contributed by atoms with E-state index in [-0.39, 0.29) is 0 Å². The molecule has 122 valence electrons. The van der Waals surface area contributed by atoms with Gasteiger partial charge in [0.15, 0.2) is 0 Å². The molecule has 0 aliphatic heterocycles. The Morgan fingerprint density at radius 3 is 1.88 bits per heavy atom. The fraction of sp³-hybridized carbons (Fsp3) is 0.0400. The Kier molecular flexibility index (Phi) is 2.78. The summed E-state index contributed by atoms with van der Waals surface area (Å²) in [5.41, 5.74) is 1.31. The van der Waals surface area contributed by atoms with Gasteiger partial charge in [-0.25, -0.2) is 0 Å². The second-order valence-electron chi connectivity index (χ2n) is 7.09. The van der Waals surface area contributed by atoms with Crippen LogP contribution in [-0.4, -0.2) is 0 Å². The highest BCUT2D eigenvalue weighted by atomic mass is 32.1. The van der Waals surface area contributed by atoms with Gasteiger partial charge in [-0.05, 0) is 57.4 Å². The molecule has 0 saturated carbocycles. The van der Waals surface area contributed by atoms with E-state index < -0.39 is 0 Å². The molecule has 26 heavy (non-hydrogen) atoms. The third-order valence-corrected chi connectivity index (χ3v) is 6.62. The fourth-order valence-corrected chi connectivity index (χ4v) is 5.41. The Balaban J connectivity index is 1.95. The number of benzene rings is 5. The van der Waals surface area contributed by atoms with Gasteiger partial charge in [0.25, 0.3) is 0 Å². The number of aryl methyl sites for hydroxylation is 1. The summed E-state index contributed by atoms with van der Waals surface area (Å²) in [5.74, 6) is 0. The molecule has 5 aromatic carbocycles. The van der Waals surface area contributed by atoms with E-state index in [4.69, 9.17) is 0 Å². The van der Waals surface area contributed by atoms with Crippen molar-refractivity contribution < 1.29 is 0 Å². The molecule has 1 aromatic heterocycles. The molecule has 0 bridgehead atoms. The lowest BCUT2D eigenvalue weighted by molar-refractivity contribution is 1.51. The zero-order chi connectivity index (χ0) is 17.3. The molecule has 0 nitrogen and oxygen atoms in total. The summed E-state index contributed by atoms with van der Waals surface area (Å²) in [5, 5.41) is 10.8. The van der Waals surface area contributed by atoms with Crippen LogP contribution in [0.1, 0.15) is 5.56 Å². The average Bonchev–Trinajstić information content (AvgIpc) is 3.04. The molecule has 0 unspecified atom stereocenters. The number of rotatable bonds is 0. The van der Waals surface area contributed by atoms with Gasteiger partial charge in [0.2, 0.25) is 0 Å². The van der Waals surface area contributed by atoms with Gasteiger partial charge in [-0.15, -0.1) is 11.3 Å². The SMILES string of the molecule is Cc1ccc2c(c1)c1ccccc1c1cc3sc4ccccc4c3cc21. The maximum absolute atomic E-state index is 2.41. The van der Waals surface area contributed by atoms with Crippen LogP contribution in [-0.2, 0) is 0 Å². The zero-order valence-corrected chi connectivity index (χ0v) is 15.2. The van der Waals surface area contributed by atoms with Crippen molar-refractivity contribution in [3.8, 4) is 0 Å². The van der Waals surface area contributed by atoms with Crippen molar-refractivity contribution in [2.24, 2.45) is 0 Å². The summed E-state index contributed by atoms with van der Waals surface area (Å²) in [7, 11) is 0. The van der Waals surface area contributed by atoms with Crippen LogP contribution in [0.15, 0.2) is 78.9 Å². The number of hydrogen-bond acceptors (Lipinski definition) is 1. The van der Waals surface area contributed by atoms with E-state index in [1.807, 2.05) is 11.3 Å². The van der Waals surface area contributed by atoms with E-state index in [9.17, 15) is 0 Å². The minimum atomic E-state index is 1.31. The third-order valence-electron chi connectivity index (χ3n) is 5.49. The van der Waals surface area contributed by atoms with Gasteiger partial charge < -0.3 is 0 Å². The van der Waals surface area contributed by atoms with Crippen molar-refractivity contribution in [2.75, 3.05) is 0 Å². The van der Waals surface area contributed by atoms with E-state index >= 15 is 0 Å². The lowest BCUT2D eigenvalue weighted by Gasteiger charge is -2.11. The van der Waals surface area contributed by atoms with Gasteiger partial charge in [-0.3, -0.25) is 0 Å². The quantitative estimate of drug-likeness (QED) is 0.245. The highest BCUT2D eigenvalue weighted by Gasteiger charge is 2.12. The summed E-state index contributed by atoms with van der Waals surface area (Å²) >= 11 is 1.89. The van der Waals surface area contributed by atoms with Crippen molar-refractivity contribution in [3.63, 3.8) is 0 Å². The lowest BCUT2D eigenvalue weighted by Crippen LogP contribution is -1.84. The van der Waals surface area contributed by atoms with Crippen LogP contribution in [0, 0.1) is 6.92 Å². The predicted molar refractivity (Wildman–Crippen MR) is 117 cm³/mol. The van der Waals surface area contributed by atoms with Crippen molar-refractivity contribution in [2.45, 2.75) is 6.92 Å². The van der Waals surface area contributed by atoms with Crippen LogP contribution in [0.25, 0.3) is 52.5 Å². The maximum atomic E-state index is 2.41. The molecule has 6 aromatic rings. The highest BCUT2D eigenvalue weighted by Crippen LogP contribution is 2.41. The molecular weight excluding hydrogens is 332 g/mol. The molecule has 0 N–H and O–H groups in total. The minimum absolute atomic E-state index is 1.31. The Morgan fingerprint density at radius 1 is 0.462 bits per heavy atom. The van der Waals surface area contributed by atoms with Gasteiger partial charge in [0, 0.05) is 20.2 Å². The molecule has 0 amide bonds. The smallest absolute Gasteiger partial charge is 0.0362 e. The van der Waals surface area contributed by atoms with E-state index in [1.54, 1.807) is 0 Å². The first kappa shape index (κ1) is 14.3. The standard InChI is InChI=1S/C25H16S/c1-15-10-11-18-20(12-15)16-6-2-3-7-17(16)22-14-25-23(13-21(18)22)19-8-4-5-9-24(19)26-25/h2-14H,1H3. The summed E-state index contributed by atoms with van der Waals surface area (Å²) in [6.07, 6.45) is 0. The van der Waals surface area contributed by atoms with E-state index in [1.165, 1.54) is 58.1 Å².